The van der Waals surface area contributed by atoms with E-state index in [0.29, 0.717) is 16.3 Å². The van der Waals surface area contributed by atoms with Crippen molar-refractivity contribution in [2.24, 2.45) is 0 Å². The van der Waals surface area contributed by atoms with Crippen LogP contribution in [0.25, 0.3) is 5.57 Å². The van der Waals surface area contributed by atoms with Gasteiger partial charge < -0.3 is 5.32 Å². The topological polar surface area (TPSA) is 49.4 Å². The van der Waals surface area contributed by atoms with E-state index in [-0.39, 0.29) is 27.0 Å². The molecule has 7 heteroatoms. The van der Waals surface area contributed by atoms with Crippen molar-refractivity contribution >= 4 is 63.6 Å². The van der Waals surface area contributed by atoms with Gasteiger partial charge in [0.25, 0.3) is 11.8 Å². The molecule has 4 nitrogen and oxygen atoms in total. The number of hydrogen-bond donors (Lipinski definition) is 1. The molecule has 3 aromatic rings. The van der Waals surface area contributed by atoms with Gasteiger partial charge in [-0.3, -0.25) is 9.59 Å². The van der Waals surface area contributed by atoms with Gasteiger partial charge in [0.15, 0.2) is 0 Å². The van der Waals surface area contributed by atoms with Crippen molar-refractivity contribution in [3.05, 3.63) is 98.6 Å². The van der Waals surface area contributed by atoms with Crippen LogP contribution in [0.1, 0.15) is 11.1 Å². The molecule has 3 aromatic carbocycles. The third-order valence-electron chi connectivity index (χ3n) is 4.76. The predicted molar refractivity (Wildman–Crippen MR) is 122 cm³/mol. The second-order valence-corrected chi connectivity index (χ2v) is 7.92. The molecule has 150 valence electrons. The van der Waals surface area contributed by atoms with Crippen LogP contribution in [-0.2, 0) is 9.59 Å². The van der Waals surface area contributed by atoms with Crippen molar-refractivity contribution in [3.63, 3.8) is 0 Å². The minimum absolute atomic E-state index is 0.132. The smallest absolute Gasteiger partial charge is 0.282 e. The van der Waals surface area contributed by atoms with Gasteiger partial charge in [-0.2, -0.15) is 0 Å². The number of carbonyl (C=O) groups excluding carboxylic acids is 2. The Morgan fingerprint density at radius 2 is 1.53 bits per heavy atom. The van der Waals surface area contributed by atoms with Crippen molar-refractivity contribution in [2.45, 2.75) is 6.92 Å². The first-order chi connectivity index (χ1) is 14.4. The Kier molecular flexibility index (Phi) is 5.56. The summed E-state index contributed by atoms with van der Waals surface area (Å²) in [6.07, 6.45) is 0. The zero-order chi connectivity index (χ0) is 21.4. The van der Waals surface area contributed by atoms with Gasteiger partial charge in [0, 0.05) is 10.7 Å². The summed E-state index contributed by atoms with van der Waals surface area (Å²) in [4.78, 5) is 27.8. The lowest BCUT2D eigenvalue weighted by Crippen LogP contribution is -2.32. The van der Waals surface area contributed by atoms with Crippen LogP contribution in [0, 0.1) is 6.92 Å². The molecule has 0 fully saturated rings. The van der Waals surface area contributed by atoms with Gasteiger partial charge in [0.1, 0.15) is 5.70 Å². The summed E-state index contributed by atoms with van der Waals surface area (Å²) in [6.45, 7) is 1.88. The minimum atomic E-state index is -0.528. The maximum atomic E-state index is 13.4. The number of halogens is 3. The number of imide groups is 1. The summed E-state index contributed by atoms with van der Waals surface area (Å²) in [5.41, 5.74) is 2.72. The first-order valence-corrected chi connectivity index (χ1v) is 10.2. The second kappa shape index (κ2) is 8.15. The third-order valence-corrected chi connectivity index (χ3v) is 5.98. The highest BCUT2D eigenvalue weighted by molar-refractivity contribution is 6.50. The maximum Gasteiger partial charge on any atom is 0.282 e. The lowest BCUT2D eigenvalue weighted by molar-refractivity contribution is -0.120. The molecule has 0 radical (unpaired) electrons. The molecule has 2 amide bonds. The number of rotatable bonds is 4. The van der Waals surface area contributed by atoms with Gasteiger partial charge in [-0.25, -0.2) is 4.90 Å². The van der Waals surface area contributed by atoms with Crippen molar-refractivity contribution in [3.8, 4) is 0 Å². The Bertz CT molecular complexity index is 1210. The average molecular weight is 458 g/mol. The Morgan fingerprint density at radius 3 is 2.23 bits per heavy atom. The standard InChI is InChI=1S/C23H15Cl3N2O2/c1-13-10-11-15(12-17(13)25)27-21-19(14-6-3-2-4-7-14)22(29)28(23(21)30)18-9-5-8-16(24)20(18)26/h2-12,27H,1H3. The Balaban J connectivity index is 1.85. The van der Waals surface area contributed by atoms with E-state index in [1.54, 1.807) is 54.6 Å². The summed E-state index contributed by atoms with van der Waals surface area (Å²) in [6, 6.07) is 19.1. The molecule has 1 aliphatic rings. The monoisotopic (exact) mass is 456 g/mol. The van der Waals surface area contributed by atoms with Crippen molar-refractivity contribution in [2.75, 3.05) is 10.2 Å². The quantitative estimate of drug-likeness (QED) is 0.464. The summed E-state index contributed by atoms with van der Waals surface area (Å²) in [5.74, 6) is -1.02. The first-order valence-electron chi connectivity index (χ1n) is 9.04. The van der Waals surface area contributed by atoms with E-state index in [4.69, 9.17) is 34.8 Å². The molecule has 0 saturated carbocycles. The normalized spacial score (nSPS) is 13.9. The molecule has 0 aliphatic carbocycles. The molecule has 0 atom stereocenters. The van der Waals surface area contributed by atoms with Gasteiger partial charge in [0.05, 0.1) is 21.3 Å². The molecule has 1 heterocycles. The van der Waals surface area contributed by atoms with Gasteiger partial charge >= 0.3 is 0 Å². The molecule has 4 rings (SSSR count). The molecule has 30 heavy (non-hydrogen) atoms. The number of anilines is 2. The molecule has 0 aromatic heterocycles. The number of nitrogens with zero attached hydrogens (tertiary/aromatic N) is 1. The number of carbonyl (C=O) groups is 2. The van der Waals surface area contributed by atoms with E-state index in [9.17, 15) is 9.59 Å². The van der Waals surface area contributed by atoms with Gasteiger partial charge in [-0.1, -0.05) is 77.3 Å². The van der Waals surface area contributed by atoms with Crippen LogP contribution >= 0.6 is 34.8 Å². The number of benzene rings is 3. The maximum absolute atomic E-state index is 13.4. The van der Waals surface area contributed by atoms with E-state index in [0.717, 1.165) is 10.5 Å². The van der Waals surface area contributed by atoms with Gasteiger partial charge in [0.2, 0.25) is 0 Å². The highest BCUT2D eigenvalue weighted by Gasteiger charge is 2.41. The number of aryl methyl sites for hydroxylation is 1. The van der Waals surface area contributed by atoms with Crippen LogP contribution in [0.15, 0.2) is 72.4 Å². The van der Waals surface area contributed by atoms with Gasteiger partial charge in [-0.15, -0.1) is 0 Å². The van der Waals surface area contributed by atoms with Gasteiger partial charge in [-0.05, 0) is 42.3 Å². The Labute approximate surface area is 188 Å². The summed E-state index contributed by atoms with van der Waals surface area (Å²) in [5, 5.41) is 4.01. The number of hydrogen-bond acceptors (Lipinski definition) is 3. The SMILES string of the molecule is Cc1ccc(NC2=C(c3ccccc3)C(=O)N(c3cccc(Cl)c3Cl)C2=O)cc1Cl. The molecule has 1 aliphatic heterocycles. The fourth-order valence-corrected chi connectivity index (χ4v) is 3.78. The van der Waals surface area contributed by atoms with Crippen LogP contribution in [0.3, 0.4) is 0 Å². The van der Waals surface area contributed by atoms with Crippen LogP contribution in [0.2, 0.25) is 15.1 Å². The fraction of sp³-hybridized carbons (Fsp3) is 0.0435. The van der Waals surface area contributed by atoms with Crippen LogP contribution < -0.4 is 10.2 Å². The van der Waals surface area contributed by atoms with Crippen molar-refractivity contribution < 1.29 is 9.59 Å². The van der Waals surface area contributed by atoms with E-state index in [1.807, 2.05) is 19.1 Å². The molecule has 0 unspecified atom stereocenters. The summed E-state index contributed by atoms with van der Waals surface area (Å²) < 4.78 is 0. The molecular weight excluding hydrogens is 443 g/mol. The lowest BCUT2D eigenvalue weighted by Gasteiger charge is -2.17. The van der Waals surface area contributed by atoms with Crippen molar-refractivity contribution in [1.82, 2.24) is 0 Å². The summed E-state index contributed by atoms with van der Waals surface area (Å²) >= 11 is 18.7. The van der Waals surface area contributed by atoms with Crippen LogP contribution in [0.4, 0.5) is 11.4 Å². The zero-order valence-electron chi connectivity index (χ0n) is 15.7. The Hall–Kier alpha value is -2.79. The average Bonchev–Trinajstić information content (AvgIpc) is 2.97. The molecular formula is C23H15Cl3N2O2. The molecule has 0 bridgehead atoms. The first kappa shape index (κ1) is 20.5. The fourth-order valence-electron chi connectivity index (χ4n) is 3.22. The number of nitrogens with one attached hydrogen (secondary N) is 1. The van der Waals surface area contributed by atoms with E-state index in [2.05, 4.69) is 5.32 Å². The minimum Gasteiger partial charge on any atom is -0.350 e. The highest BCUT2D eigenvalue weighted by Crippen LogP contribution is 2.39. The van der Waals surface area contributed by atoms with E-state index in [1.165, 1.54) is 0 Å². The number of amides is 2. The van der Waals surface area contributed by atoms with Crippen LogP contribution in [-0.4, -0.2) is 11.8 Å². The molecule has 1 N–H and O–H groups in total. The largest absolute Gasteiger partial charge is 0.350 e. The molecule has 0 saturated heterocycles. The van der Waals surface area contributed by atoms with Crippen molar-refractivity contribution in [1.29, 1.82) is 0 Å². The third kappa shape index (κ3) is 3.58. The Morgan fingerprint density at radius 1 is 0.800 bits per heavy atom. The van der Waals surface area contributed by atoms with E-state index >= 15 is 0 Å². The second-order valence-electron chi connectivity index (χ2n) is 6.72. The highest BCUT2D eigenvalue weighted by atomic mass is 35.5. The predicted octanol–water partition coefficient (Wildman–Crippen LogP) is 6.35. The zero-order valence-corrected chi connectivity index (χ0v) is 18.0. The summed E-state index contributed by atoms with van der Waals surface area (Å²) in [7, 11) is 0. The van der Waals surface area contributed by atoms with Crippen LogP contribution in [0.5, 0.6) is 0 Å². The van der Waals surface area contributed by atoms with E-state index < -0.39 is 11.8 Å². The molecule has 0 spiro atoms. The lowest BCUT2D eigenvalue weighted by atomic mass is 10.0.